The summed E-state index contributed by atoms with van der Waals surface area (Å²) in [5.41, 5.74) is 0.489. The summed E-state index contributed by atoms with van der Waals surface area (Å²) in [7, 11) is 0. The SMILES string of the molecule is CSC1CCC(NC(=O)Nc2ccc(C(=O)O)c(Cl)c2)C1. The summed E-state index contributed by atoms with van der Waals surface area (Å²) >= 11 is 7.69. The first kappa shape index (κ1) is 16.0. The van der Waals surface area contributed by atoms with Crippen LogP contribution < -0.4 is 10.6 Å². The lowest BCUT2D eigenvalue weighted by Gasteiger charge is -2.14. The predicted octanol–water partition coefficient (Wildman–Crippen LogP) is 3.44. The van der Waals surface area contributed by atoms with Crippen molar-refractivity contribution in [2.24, 2.45) is 0 Å². The van der Waals surface area contributed by atoms with E-state index in [1.165, 1.54) is 18.2 Å². The smallest absolute Gasteiger partial charge is 0.337 e. The Kier molecular flexibility index (Phi) is 5.36. The number of nitrogens with one attached hydrogen (secondary N) is 2. The molecule has 0 bridgehead atoms. The van der Waals surface area contributed by atoms with E-state index in [0.717, 1.165) is 19.3 Å². The van der Waals surface area contributed by atoms with Gasteiger partial charge in [-0.2, -0.15) is 11.8 Å². The second-order valence-electron chi connectivity index (χ2n) is 4.97. The van der Waals surface area contributed by atoms with E-state index in [1.807, 2.05) is 11.8 Å². The number of carboxylic acids is 1. The van der Waals surface area contributed by atoms with Crippen LogP contribution in [-0.2, 0) is 0 Å². The molecule has 1 aromatic carbocycles. The number of thioether (sulfide) groups is 1. The van der Waals surface area contributed by atoms with Gasteiger partial charge in [0.1, 0.15) is 0 Å². The number of anilines is 1. The standard InChI is InChI=1S/C14H17ClN2O3S/c1-21-10-4-2-8(6-10)16-14(20)17-9-3-5-11(13(18)19)12(15)7-9/h3,5,7-8,10H,2,4,6H2,1H3,(H,18,19)(H2,16,17,20). The fourth-order valence-corrected chi connectivity index (χ4v) is 3.46. The molecule has 1 aromatic rings. The third-order valence-corrected chi connectivity index (χ3v) is 4.92. The molecular weight excluding hydrogens is 312 g/mol. The Morgan fingerprint density at radius 3 is 2.71 bits per heavy atom. The zero-order valence-electron chi connectivity index (χ0n) is 11.6. The number of amides is 2. The molecule has 0 radical (unpaired) electrons. The Morgan fingerprint density at radius 1 is 1.38 bits per heavy atom. The normalized spacial score (nSPS) is 21.0. The van der Waals surface area contributed by atoms with E-state index in [0.29, 0.717) is 10.9 Å². The number of carbonyl (C=O) groups excluding carboxylic acids is 1. The number of carbonyl (C=O) groups is 2. The first-order chi connectivity index (χ1) is 9.99. The largest absolute Gasteiger partial charge is 0.478 e. The lowest BCUT2D eigenvalue weighted by atomic mass is 10.2. The summed E-state index contributed by atoms with van der Waals surface area (Å²) < 4.78 is 0. The molecule has 0 saturated heterocycles. The average Bonchev–Trinajstić information content (AvgIpc) is 2.85. The fraction of sp³-hybridized carbons (Fsp3) is 0.429. The van der Waals surface area contributed by atoms with E-state index < -0.39 is 5.97 Å². The monoisotopic (exact) mass is 328 g/mol. The minimum atomic E-state index is -1.09. The van der Waals surface area contributed by atoms with Crippen molar-refractivity contribution < 1.29 is 14.7 Å². The molecule has 7 heteroatoms. The summed E-state index contributed by atoms with van der Waals surface area (Å²) in [5.74, 6) is -1.09. The molecule has 2 atom stereocenters. The maximum absolute atomic E-state index is 11.9. The number of carboxylic acid groups (broad SMARTS) is 1. The molecule has 5 nitrogen and oxygen atoms in total. The lowest BCUT2D eigenvalue weighted by Crippen LogP contribution is -2.36. The summed E-state index contributed by atoms with van der Waals surface area (Å²) in [6.45, 7) is 0. The number of rotatable bonds is 4. The molecule has 1 aliphatic rings. The molecule has 0 aliphatic heterocycles. The first-order valence-electron chi connectivity index (χ1n) is 6.62. The van der Waals surface area contributed by atoms with Gasteiger partial charge in [-0.1, -0.05) is 11.6 Å². The van der Waals surface area contributed by atoms with Crippen LogP contribution in [0.1, 0.15) is 29.6 Å². The minimum absolute atomic E-state index is 0.0150. The van der Waals surface area contributed by atoms with E-state index in [2.05, 4.69) is 16.9 Å². The number of urea groups is 1. The van der Waals surface area contributed by atoms with Crippen LogP contribution in [0.4, 0.5) is 10.5 Å². The molecule has 114 valence electrons. The highest BCUT2D eigenvalue weighted by atomic mass is 35.5. The van der Waals surface area contributed by atoms with Gasteiger partial charge in [0.25, 0.3) is 0 Å². The Labute approximate surface area is 132 Å². The topological polar surface area (TPSA) is 78.4 Å². The van der Waals surface area contributed by atoms with Crippen molar-refractivity contribution in [3.63, 3.8) is 0 Å². The van der Waals surface area contributed by atoms with E-state index in [9.17, 15) is 9.59 Å². The van der Waals surface area contributed by atoms with Gasteiger partial charge in [-0.05, 0) is 43.7 Å². The van der Waals surface area contributed by atoms with Crippen LogP contribution in [0.15, 0.2) is 18.2 Å². The van der Waals surface area contributed by atoms with Crippen molar-refractivity contribution in [2.75, 3.05) is 11.6 Å². The lowest BCUT2D eigenvalue weighted by molar-refractivity contribution is 0.0697. The molecule has 2 unspecified atom stereocenters. The van der Waals surface area contributed by atoms with Gasteiger partial charge >= 0.3 is 12.0 Å². The zero-order valence-corrected chi connectivity index (χ0v) is 13.1. The van der Waals surface area contributed by atoms with Gasteiger partial charge in [0.15, 0.2) is 0 Å². The molecule has 21 heavy (non-hydrogen) atoms. The van der Waals surface area contributed by atoms with E-state index in [4.69, 9.17) is 16.7 Å². The molecule has 2 amide bonds. The van der Waals surface area contributed by atoms with Gasteiger partial charge in [0.2, 0.25) is 0 Å². The van der Waals surface area contributed by atoms with Crippen molar-refractivity contribution in [1.29, 1.82) is 0 Å². The van der Waals surface area contributed by atoms with Gasteiger partial charge in [-0.15, -0.1) is 0 Å². The highest BCUT2D eigenvalue weighted by Crippen LogP contribution is 2.28. The average molecular weight is 329 g/mol. The van der Waals surface area contributed by atoms with Gasteiger partial charge < -0.3 is 15.7 Å². The van der Waals surface area contributed by atoms with Gasteiger partial charge in [-0.3, -0.25) is 0 Å². The maximum Gasteiger partial charge on any atom is 0.337 e. The Morgan fingerprint density at radius 2 is 2.14 bits per heavy atom. The van der Waals surface area contributed by atoms with Gasteiger partial charge in [0.05, 0.1) is 10.6 Å². The molecule has 0 aromatic heterocycles. The second-order valence-corrected chi connectivity index (χ2v) is 6.51. The molecule has 0 spiro atoms. The van der Waals surface area contributed by atoms with Gasteiger partial charge in [-0.25, -0.2) is 9.59 Å². The van der Waals surface area contributed by atoms with E-state index >= 15 is 0 Å². The van der Waals surface area contributed by atoms with Crippen molar-refractivity contribution in [1.82, 2.24) is 5.32 Å². The molecule has 0 heterocycles. The number of aromatic carboxylic acids is 1. The third kappa shape index (κ3) is 4.28. The molecule has 1 saturated carbocycles. The van der Waals surface area contributed by atoms with Crippen LogP contribution >= 0.6 is 23.4 Å². The minimum Gasteiger partial charge on any atom is -0.478 e. The van der Waals surface area contributed by atoms with Crippen molar-refractivity contribution in [3.05, 3.63) is 28.8 Å². The molecular formula is C14H17ClN2O3S. The number of halogens is 1. The molecule has 1 fully saturated rings. The summed E-state index contributed by atoms with van der Waals surface area (Å²) in [5, 5.41) is 15.2. The quantitative estimate of drug-likeness (QED) is 0.791. The second kappa shape index (κ2) is 7.04. The number of benzene rings is 1. The summed E-state index contributed by atoms with van der Waals surface area (Å²) in [6.07, 6.45) is 5.16. The van der Waals surface area contributed by atoms with Crippen LogP contribution in [-0.4, -0.2) is 34.7 Å². The van der Waals surface area contributed by atoms with Gasteiger partial charge in [0, 0.05) is 17.0 Å². The zero-order chi connectivity index (χ0) is 15.4. The summed E-state index contributed by atoms with van der Waals surface area (Å²) in [4.78, 5) is 22.8. The first-order valence-corrected chi connectivity index (χ1v) is 8.29. The number of hydrogen-bond acceptors (Lipinski definition) is 3. The summed E-state index contributed by atoms with van der Waals surface area (Å²) in [6, 6.07) is 4.23. The molecule has 1 aliphatic carbocycles. The third-order valence-electron chi connectivity index (χ3n) is 3.51. The van der Waals surface area contributed by atoms with Crippen LogP contribution in [0.5, 0.6) is 0 Å². The Hall–Kier alpha value is -1.40. The Bertz CT molecular complexity index is 553. The maximum atomic E-state index is 11.9. The van der Waals surface area contributed by atoms with Crippen LogP contribution in [0.25, 0.3) is 0 Å². The van der Waals surface area contributed by atoms with E-state index in [1.54, 1.807) is 0 Å². The van der Waals surface area contributed by atoms with Crippen LogP contribution in [0, 0.1) is 0 Å². The highest BCUT2D eigenvalue weighted by molar-refractivity contribution is 7.99. The van der Waals surface area contributed by atoms with Crippen molar-refractivity contribution in [3.8, 4) is 0 Å². The van der Waals surface area contributed by atoms with Crippen LogP contribution in [0.2, 0.25) is 5.02 Å². The van der Waals surface area contributed by atoms with Crippen molar-refractivity contribution >= 4 is 41.1 Å². The number of hydrogen-bond donors (Lipinski definition) is 3. The fourth-order valence-electron chi connectivity index (χ4n) is 2.40. The van der Waals surface area contributed by atoms with Crippen molar-refractivity contribution in [2.45, 2.75) is 30.6 Å². The predicted molar refractivity (Wildman–Crippen MR) is 85.5 cm³/mol. The highest BCUT2D eigenvalue weighted by Gasteiger charge is 2.25. The molecule has 2 rings (SSSR count). The van der Waals surface area contributed by atoms with E-state index in [-0.39, 0.29) is 22.7 Å². The Balaban J connectivity index is 1.91. The molecule has 3 N–H and O–H groups in total. The van der Waals surface area contributed by atoms with Crippen LogP contribution in [0.3, 0.4) is 0 Å².